The van der Waals surface area contributed by atoms with Crippen molar-refractivity contribution in [3.63, 3.8) is 0 Å². The number of phenolic OH excluding ortho intramolecular Hbond substituents is 1. The number of hydrogen-bond donors (Lipinski definition) is 2. The summed E-state index contributed by atoms with van der Waals surface area (Å²) in [4.78, 5) is 12.1. The minimum atomic E-state index is -0.305. The first kappa shape index (κ1) is 18.1. The highest BCUT2D eigenvalue weighted by molar-refractivity contribution is 5.86. The van der Waals surface area contributed by atoms with Crippen LogP contribution in [0.5, 0.6) is 23.0 Å². The topological polar surface area (TPSA) is 89.4 Å². The lowest BCUT2D eigenvalue weighted by Crippen LogP contribution is -2.20. The molecule has 2 aromatic rings. The van der Waals surface area contributed by atoms with Crippen LogP contribution in [0.4, 0.5) is 0 Å². The Morgan fingerprint density at radius 2 is 1.88 bits per heavy atom. The summed E-state index contributed by atoms with van der Waals surface area (Å²) in [6.45, 7) is 0. The Morgan fingerprint density at radius 3 is 2.56 bits per heavy atom. The fourth-order valence-electron chi connectivity index (χ4n) is 2.29. The quantitative estimate of drug-likeness (QED) is 0.593. The number of methoxy groups -OCH3 is 3. The minimum Gasteiger partial charge on any atom is -0.508 e. The van der Waals surface area contributed by atoms with Crippen molar-refractivity contribution in [1.29, 1.82) is 0 Å². The minimum absolute atomic E-state index is 0.0863. The van der Waals surface area contributed by atoms with Gasteiger partial charge in [0, 0.05) is 17.2 Å². The molecule has 0 heterocycles. The van der Waals surface area contributed by atoms with Crippen LogP contribution >= 0.6 is 0 Å². The van der Waals surface area contributed by atoms with Gasteiger partial charge in [0.05, 0.1) is 34.0 Å². The maximum absolute atomic E-state index is 12.1. The molecule has 0 aromatic heterocycles. The molecule has 0 atom stereocenters. The van der Waals surface area contributed by atoms with Crippen LogP contribution in [0.15, 0.2) is 41.5 Å². The number of phenols is 1. The maximum atomic E-state index is 12.1. The zero-order chi connectivity index (χ0) is 18.2. The van der Waals surface area contributed by atoms with Gasteiger partial charge < -0.3 is 19.3 Å². The summed E-state index contributed by atoms with van der Waals surface area (Å²) in [6.07, 6.45) is 1.53. The molecule has 0 aliphatic heterocycles. The van der Waals surface area contributed by atoms with Gasteiger partial charge in [0.1, 0.15) is 11.5 Å². The number of benzene rings is 2. The molecule has 1 amide bonds. The van der Waals surface area contributed by atoms with Gasteiger partial charge in [-0.1, -0.05) is 12.1 Å². The summed E-state index contributed by atoms with van der Waals surface area (Å²) in [5.74, 6) is 1.31. The van der Waals surface area contributed by atoms with E-state index in [-0.39, 0.29) is 18.1 Å². The molecule has 7 nitrogen and oxygen atoms in total. The van der Waals surface area contributed by atoms with Crippen LogP contribution < -0.4 is 19.6 Å². The fourth-order valence-corrected chi connectivity index (χ4v) is 2.29. The summed E-state index contributed by atoms with van der Waals surface area (Å²) in [5, 5.41) is 13.3. The molecule has 0 bridgehead atoms. The Balaban J connectivity index is 2.04. The molecule has 25 heavy (non-hydrogen) atoms. The average molecular weight is 344 g/mol. The lowest BCUT2D eigenvalue weighted by atomic mass is 10.1. The molecule has 0 unspecified atom stereocenters. The summed E-state index contributed by atoms with van der Waals surface area (Å²) in [6, 6.07) is 9.93. The Morgan fingerprint density at radius 1 is 1.12 bits per heavy atom. The van der Waals surface area contributed by atoms with Crippen LogP contribution in [0.1, 0.15) is 11.1 Å². The lowest BCUT2D eigenvalue weighted by Gasteiger charge is -2.11. The van der Waals surface area contributed by atoms with E-state index in [1.165, 1.54) is 39.7 Å². The zero-order valence-electron chi connectivity index (χ0n) is 14.3. The second kappa shape index (κ2) is 8.58. The van der Waals surface area contributed by atoms with Crippen LogP contribution in [-0.2, 0) is 11.2 Å². The van der Waals surface area contributed by atoms with E-state index in [1.807, 2.05) is 0 Å². The average Bonchev–Trinajstić information content (AvgIpc) is 2.62. The molecular weight excluding hydrogens is 324 g/mol. The van der Waals surface area contributed by atoms with E-state index in [1.54, 1.807) is 24.3 Å². The highest BCUT2D eigenvalue weighted by Gasteiger charge is 2.12. The predicted octanol–water partition coefficient (Wildman–Crippen LogP) is 2.11. The van der Waals surface area contributed by atoms with Crippen LogP contribution in [0, 0.1) is 0 Å². The lowest BCUT2D eigenvalue weighted by molar-refractivity contribution is -0.120. The highest BCUT2D eigenvalue weighted by atomic mass is 16.5. The molecular formula is C18H20N2O5. The van der Waals surface area contributed by atoms with Crippen molar-refractivity contribution < 1.29 is 24.1 Å². The summed E-state index contributed by atoms with van der Waals surface area (Å²) >= 11 is 0. The van der Waals surface area contributed by atoms with Gasteiger partial charge in [0.25, 0.3) is 0 Å². The third-order valence-electron chi connectivity index (χ3n) is 3.45. The number of hydrazone groups is 1. The van der Waals surface area contributed by atoms with Gasteiger partial charge in [0.2, 0.25) is 5.91 Å². The number of carbonyl (C=O) groups is 1. The molecule has 132 valence electrons. The Labute approximate surface area is 145 Å². The third kappa shape index (κ3) is 4.63. The molecule has 2 rings (SSSR count). The number of hydrogen-bond acceptors (Lipinski definition) is 6. The number of rotatable bonds is 7. The summed E-state index contributed by atoms with van der Waals surface area (Å²) in [5.41, 5.74) is 3.77. The van der Waals surface area contributed by atoms with Crippen LogP contribution in [0.25, 0.3) is 0 Å². The zero-order valence-corrected chi connectivity index (χ0v) is 14.3. The van der Waals surface area contributed by atoms with E-state index in [9.17, 15) is 9.90 Å². The summed E-state index contributed by atoms with van der Waals surface area (Å²) < 4.78 is 15.7. The molecule has 0 radical (unpaired) electrons. The van der Waals surface area contributed by atoms with Gasteiger partial charge in [-0.3, -0.25) is 4.79 Å². The second-order valence-corrected chi connectivity index (χ2v) is 5.05. The van der Waals surface area contributed by atoms with E-state index < -0.39 is 0 Å². The van der Waals surface area contributed by atoms with Crippen molar-refractivity contribution in [3.8, 4) is 23.0 Å². The number of nitrogens with zero attached hydrogens (tertiary/aromatic N) is 1. The highest BCUT2D eigenvalue weighted by Crippen LogP contribution is 2.30. The number of ether oxygens (including phenoxy) is 3. The monoisotopic (exact) mass is 344 g/mol. The predicted molar refractivity (Wildman–Crippen MR) is 93.6 cm³/mol. The molecule has 0 fully saturated rings. The first-order valence-electron chi connectivity index (χ1n) is 7.47. The van der Waals surface area contributed by atoms with E-state index in [4.69, 9.17) is 14.2 Å². The second-order valence-electron chi connectivity index (χ2n) is 5.05. The third-order valence-corrected chi connectivity index (χ3v) is 3.45. The van der Waals surface area contributed by atoms with Crippen LogP contribution in [0.2, 0.25) is 0 Å². The van der Waals surface area contributed by atoms with E-state index in [0.29, 0.717) is 28.4 Å². The number of carbonyl (C=O) groups excluding carboxylic acids is 1. The normalized spacial score (nSPS) is 10.5. The van der Waals surface area contributed by atoms with Crippen molar-refractivity contribution in [3.05, 3.63) is 47.5 Å². The molecule has 0 saturated carbocycles. The van der Waals surface area contributed by atoms with E-state index >= 15 is 0 Å². The van der Waals surface area contributed by atoms with Gasteiger partial charge in [-0.25, -0.2) is 5.43 Å². The van der Waals surface area contributed by atoms with Crippen LogP contribution in [0.3, 0.4) is 0 Å². The van der Waals surface area contributed by atoms with Gasteiger partial charge >= 0.3 is 0 Å². The van der Waals surface area contributed by atoms with Crippen molar-refractivity contribution >= 4 is 12.1 Å². The number of aromatic hydroxyl groups is 1. The fraction of sp³-hybridized carbons (Fsp3) is 0.222. The number of para-hydroxylation sites is 1. The van der Waals surface area contributed by atoms with Crippen molar-refractivity contribution in [2.45, 2.75) is 6.42 Å². The smallest absolute Gasteiger partial charge is 0.244 e. The van der Waals surface area contributed by atoms with Crippen molar-refractivity contribution in [2.24, 2.45) is 5.10 Å². The van der Waals surface area contributed by atoms with Gasteiger partial charge in [-0.2, -0.15) is 5.10 Å². The van der Waals surface area contributed by atoms with E-state index in [0.717, 1.165) is 0 Å². The van der Waals surface area contributed by atoms with Crippen molar-refractivity contribution in [1.82, 2.24) is 5.43 Å². The first-order valence-corrected chi connectivity index (χ1v) is 7.47. The van der Waals surface area contributed by atoms with Gasteiger partial charge in [-0.15, -0.1) is 0 Å². The molecule has 2 N–H and O–H groups in total. The van der Waals surface area contributed by atoms with Crippen LogP contribution in [-0.4, -0.2) is 38.6 Å². The Hall–Kier alpha value is -3.22. The molecule has 7 heteroatoms. The summed E-state index contributed by atoms with van der Waals surface area (Å²) in [7, 11) is 4.55. The van der Waals surface area contributed by atoms with Gasteiger partial charge in [0.15, 0.2) is 11.5 Å². The van der Waals surface area contributed by atoms with Gasteiger partial charge in [-0.05, 0) is 18.2 Å². The number of amides is 1. The molecule has 2 aromatic carbocycles. The Bertz CT molecular complexity index is 774. The molecule has 0 aliphatic rings. The van der Waals surface area contributed by atoms with Crippen molar-refractivity contribution in [2.75, 3.05) is 21.3 Å². The Kier molecular flexibility index (Phi) is 6.22. The van der Waals surface area contributed by atoms with E-state index in [2.05, 4.69) is 10.5 Å². The first-order chi connectivity index (χ1) is 12.1. The molecule has 0 saturated heterocycles. The molecule has 0 aliphatic carbocycles. The maximum Gasteiger partial charge on any atom is 0.244 e. The standard InChI is InChI=1S/C18H20N2O5/c1-23-15-6-4-5-12(18(15)25-3)9-17(22)20-19-11-13-7-8-14(21)10-16(13)24-2/h4-8,10-11,21H,9H2,1-3H3,(H,20,22). The SMILES string of the molecule is COc1cc(O)ccc1C=NNC(=O)Cc1cccc(OC)c1OC. The number of nitrogens with one attached hydrogen (secondary N) is 1. The molecule has 0 spiro atoms. The largest absolute Gasteiger partial charge is 0.508 e.